The second kappa shape index (κ2) is 5.36. The lowest BCUT2D eigenvalue weighted by Gasteiger charge is -2.19. The van der Waals surface area contributed by atoms with Gasteiger partial charge in [0.1, 0.15) is 5.75 Å². The molecule has 0 spiro atoms. The Kier molecular flexibility index (Phi) is 3.39. The molecule has 1 heterocycles. The largest absolute Gasteiger partial charge is 0.497 e. The Labute approximate surface area is 123 Å². The smallest absolute Gasteiger partial charge is 0.253 e. The lowest BCUT2D eigenvalue weighted by molar-refractivity contribution is 0.0955. The Balaban J connectivity index is 1.95. The molecular formula is C16H17N3O2. The van der Waals surface area contributed by atoms with Crippen molar-refractivity contribution in [2.45, 2.75) is 6.04 Å². The average molecular weight is 283 g/mol. The van der Waals surface area contributed by atoms with E-state index in [9.17, 15) is 4.79 Å². The second-order valence-corrected chi connectivity index (χ2v) is 4.95. The molecule has 0 radical (unpaired) electrons. The predicted octanol–water partition coefficient (Wildman–Crippen LogP) is 2.17. The first-order chi connectivity index (χ1) is 10.2. The minimum absolute atomic E-state index is 0.0363. The van der Waals surface area contributed by atoms with Crippen molar-refractivity contribution in [3.05, 3.63) is 53.6 Å². The van der Waals surface area contributed by atoms with E-state index in [1.165, 1.54) is 0 Å². The third-order valence-electron chi connectivity index (χ3n) is 3.64. The molecule has 1 amide bonds. The number of carbonyl (C=O) groups is 1. The molecule has 2 aromatic rings. The molecule has 2 aromatic carbocycles. The summed E-state index contributed by atoms with van der Waals surface area (Å²) in [5, 5.41) is 6.28. The summed E-state index contributed by atoms with van der Waals surface area (Å²) in [5.41, 5.74) is 8.89. The van der Waals surface area contributed by atoms with E-state index >= 15 is 0 Å². The van der Waals surface area contributed by atoms with Gasteiger partial charge in [-0.25, -0.2) is 0 Å². The minimum Gasteiger partial charge on any atom is -0.497 e. The molecule has 108 valence electrons. The topological polar surface area (TPSA) is 76.4 Å². The molecule has 0 bridgehead atoms. The van der Waals surface area contributed by atoms with Gasteiger partial charge in [-0.05, 0) is 29.8 Å². The van der Waals surface area contributed by atoms with Gasteiger partial charge in [0.05, 0.1) is 30.1 Å². The van der Waals surface area contributed by atoms with Crippen molar-refractivity contribution in [1.29, 1.82) is 0 Å². The van der Waals surface area contributed by atoms with E-state index in [4.69, 9.17) is 10.5 Å². The molecule has 1 atom stereocenters. The third kappa shape index (κ3) is 2.50. The van der Waals surface area contributed by atoms with Crippen LogP contribution in [-0.4, -0.2) is 19.6 Å². The lowest BCUT2D eigenvalue weighted by atomic mass is 10.1. The number of methoxy groups -OCH3 is 1. The first-order valence-electron chi connectivity index (χ1n) is 6.76. The molecule has 1 unspecified atom stereocenters. The van der Waals surface area contributed by atoms with Crippen LogP contribution in [0.2, 0.25) is 0 Å². The molecule has 21 heavy (non-hydrogen) atoms. The van der Waals surface area contributed by atoms with E-state index in [1.54, 1.807) is 25.3 Å². The number of amides is 1. The minimum atomic E-state index is -0.110. The first kappa shape index (κ1) is 13.3. The molecular weight excluding hydrogens is 266 g/mol. The standard InChI is InChI=1S/C16H17N3O2/c1-21-11-7-5-10(6-8-11)14-9-18-16(20)12-3-2-4-13(17)15(12)19-14/h2-8,14,19H,9,17H2,1H3,(H,18,20). The Bertz CT molecular complexity index is 668. The van der Waals surface area contributed by atoms with Crippen LogP contribution < -0.4 is 21.1 Å². The van der Waals surface area contributed by atoms with E-state index in [2.05, 4.69) is 10.6 Å². The van der Waals surface area contributed by atoms with Crippen LogP contribution in [-0.2, 0) is 0 Å². The zero-order valence-corrected chi connectivity index (χ0v) is 11.7. The number of rotatable bonds is 2. The Morgan fingerprint density at radius 2 is 1.95 bits per heavy atom. The number of fused-ring (bicyclic) bond motifs is 1. The van der Waals surface area contributed by atoms with Gasteiger partial charge in [0.15, 0.2) is 0 Å². The van der Waals surface area contributed by atoms with Gasteiger partial charge in [-0.3, -0.25) is 4.79 Å². The Morgan fingerprint density at radius 1 is 1.19 bits per heavy atom. The van der Waals surface area contributed by atoms with Crippen LogP contribution >= 0.6 is 0 Å². The monoisotopic (exact) mass is 283 g/mol. The van der Waals surface area contributed by atoms with Gasteiger partial charge in [-0.15, -0.1) is 0 Å². The molecule has 0 saturated heterocycles. The highest BCUT2D eigenvalue weighted by atomic mass is 16.5. The summed E-state index contributed by atoms with van der Waals surface area (Å²) in [7, 11) is 1.63. The molecule has 0 saturated carbocycles. The molecule has 1 aliphatic rings. The summed E-state index contributed by atoms with van der Waals surface area (Å²) in [6.07, 6.45) is 0. The van der Waals surface area contributed by atoms with Crippen molar-refractivity contribution in [1.82, 2.24) is 5.32 Å². The molecule has 1 aliphatic heterocycles. The maximum Gasteiger partial charge on any atom is 0.253 e. The fourth-order valence-corrected chi connectivity index (χ4v) is 2.47. The van der Waals surface area contributed by atoms with Crippen LogP contribution in [0.4, 0.5) is 11.4 Å². The molecule has 5 heteroatoms. The van der Waals surface area contributed by atoms with Crippen LogP contribution in [0.1, 0.15) is 22.0 Å². The van der Waals surface area contributed by atoms with Gasteiger partial charge < -0.3 is 21.1 Å². The Hall–Kier alpha value is -2.69. The maximum absolute atomic E-state index is 12.1. The van der Waals surface area contributed by atoms with Gasteiger partial charge in [0.2, 0.25) is 0 Å². The van der Waals surface area contributed by atoms with E-state index < -0.39 is 0 Å². The highest BCUT2D eigenvalue weighted by molar-refractivity contribution is 6.03. The number of carbonyl (C=O) groups excluding carboxylic acids is 1. The number of benzene rings is 2. The molecule has 0 aliphatic carbocycles. The number of nitrogen functional groups attached to an aromatic ring is 1. The lowest BCUT2D eigenvalue weighted by Crippen LogP contribution is -2.27. The van der Waals surface area contributed by atoms with Crippen LogP contribution in [0.5, 0.6) is 5.75 Å². The van der Waals surface area contributed by atoms with Crippen LogP contribution in [0, 0.1) is 0 Å². The SMILES string of the molecule is COc1ccc(C2CNC(=O)c3cccc(N)c3N2)cc1. The summed E-state index contributed by atoms with van der Waals surface area (Å²) in [6.45, 7) is 0.499. The van der Waals surface area contributed by atoms with Crippen molar-refractivity contribution in [2.75, 3.05) is 24.7 Å². The number of para-hydroxylation sites is 1. The van der Waals surface area contributed by atoms with Gasteiger partial charge in [-0.2, -0.15) is 0 Å². The fourth-order valence-electron chi connectivity index (χ4n) is 2.47. The Morgan fingerprint density at radius 3 is 2.67 bits per heavy atom. The molecule has 5 nitrogen and oxygen atoms in total. The van der Waals surface area contributed by atoms with Crippen molar-refractivity contribution in [2.24, 2.45) is 0 Å². The highest BCUT2D eigenvalue weighted by Gasteiger charge is 2.23. The normalized spacial score (nSPS) is 17.2. The van der Waals surface area contributed by atoms with Crippen LogP contribution in [0.3, 0.4) is 0 Å². The molecule has 4 N–H and O–H groups in total. The summed E-state index contributed by atoms with van der Waals surface area (Å²) >= 11 is 0. The summed E-state index contributed by atoms with van der Waals surface area (Å²) in [6, 6.07) is 13.1. The van der Waals surface area contributed by atoms with Crippen molar-refractivity contribution < 1.29 is 9.53 Å². The first-order valence-corrected chi connectivity index (χ1v) is 6.76. The summed E-state index contributed by atoms with van der Waals surface area (Å²) in [5.74, 6) is 0.692. The predicted molar refractivity (Wildman–Crippen MR) is 82.5 cm³/mol. The highest BCUT2D eigenvalue weighted by Crippen LogP contribution is 2.30. The number of nitrogens with two attached hydrogens (primary N) is 1. The van der Waals surface area contributed by atoms with E-state index in [0.717, 1.165) is 11.3 Å². The zero-order valence-electron chi connectivity index (χ0n) is 11.7. The second-order valence-electron chi connectivity index (χ2n) is 4.95. The van der Waals surface area contributed by atoms with Gasteiger partial charge >= 0.3 is 0 Å². The zero-order chi connectivity index (χ0) is 14.8. The van der Waals surface area contributed by atoms with E-state index in [-0.39, 0.29) is 11.9 Å². The van der Waals surface area contributed by atoms with E-state index in [0.29, 0.717) is 23.5 Å². The average Bonchev–Trinajstić information content (AvgIpc) is 2.68. The molecule has 0 fully saturated rings. The number of anilines is 2. The molecule has 0 aromatic heterocycles. The van der Waals surface area contributed by atoms with E-state index in [1.807, 2.05) is 24.3 Å². The van der Waals surface area contributed by atoms with Crippen molar-refractivity contribution in [3.63, 3.8) is 0 Å². The van der Waals surface area contributed by atoms with Crippen LogP contribution in [0.15, 0.2) is 42.5 Å². The fraction of sp³-hybridized carbons (Fsp3) is 0.188. The van der Waals surface area contributed by atoms with Crippen molar-refractivity contribution in [3.8, 4) is 5.75 Å². The van der Waals surface area contributed by atoms with Crippen LogP contribution in [0.25, 0.3) is 0 Å². The number of ether oxygens (including phenoxy) is 1. The summed E-state index contributed by atoms with van der Waals surface area (Å²) < 4.78 is 5.16. The van der Waals surface area contributed by atoms with Crippen molar-refractivity contribution >= 4 is 17.3 Å². The number of nitrogens with one attached hydrogen (secondary N) is 2. The quantitative estimate of drug-likeness (QED) is 0.738. The molecule has 3 rings (SSSR count). The van der Waals surface area contributed by atoms with Gasteiger partial charge in [-0.1, -0.05) is 18.2 Å². The number of hydrogen-bond acceptors (Lipinski definition) is 4. The van der Waals surface area contributed by atoms with Gasteiger partial charge in [0, 0.05) is 6.54 Å². The van der Waals surface area contributed by atoms with Gasteiger partial charge in [0.25, 0.3) is 5.91 Å². The maximum atomic E-state index is 12.1. The number of hydrogen-bond donors (Lipinski definition) is 3. The third-order valence-corrected chi connectivity index (χ3v) is 3.64. The summed E-state index contributed by atoms with van der Waals surface area (Å²) in [4.78, 5) is 12.1.